The molecule has 0 spiro atoms. The van der Waals surface area contributed by atoms with Crippen LogP contribution >= 0.6 is 0 Å². The number of pyridine rings is 1. The molecule has 0 bridgehead atoms. The van der Waals surface area contributed by atoms with Crippen LogP contribution in [0.5, 0.6) is 5.75 Å². The Labute approximate surface area is 211 Å². The molecule has 3 aliphatic rings. The summed E-state index contributed by atoms with van der Waals surface area (Å²) in [5.74, 6) is 1.23. The molecular weight excluding hydrogens is 456 g/mol. The molecule has 0 radical (unpaired) electrons. The second-order valence-corrected chi connectivity index (χ2v) is 9.85. The second kappa shape index (κ2) is 10.8. The summed E-state index contributed by atoms with van der Waals surface area (Å²) in [6.07, 6.45) is 15.7. The minimum absolute atomic E-state index is 0.239. The molecule has 1 aliphatic heterocycles. The molecule has 1 fully saturated rings. The number of aromatic nitrogens is 1. The van der Waals surface area contributed by atoms with Gasteiger partial charge in [0, 0.05) is 29.7 Å². The van der Waals surface area contributed by atoms with Gasteiger partial charge in [-0.2, -0.15) is 0 Å². The molecule has 3 N–H and O–H groups in total. The molecule has 7 heteroatoms. The van der Waals surface area contributed by atoms with Crippen LogP contribution in [0.3, 0.4) is 0 Å². The molecule has 2 heterocycles. The smallest absolute Gasteiger partial charge is 0.318 e. The fraction of sp³-hybridized carbons (Fsp3) is 0.414. The van der Waals surface area contributed by atoms with Crippen LogP contribution in [0.2, 0.25) is 0 Å². The van der Waals surface area contributed by atoms with E-state index in [0.717, 1.165) is 80.1 Å². The highest BCUT2D eigenvalue weighted by Gasteiger charge is 2.33. The summed E-state index contributed by atoms with van der Waals surface area (Å²) in [4.78, 5) is 4.47. The summed E-state index contributed by atoms with van der Waals surface area (Å²) in [6.45, 7) is 0.732. The Hall–Kier alpha value is -3.29. The van der Waals surface area contributed by atoms with Crippen molar-refractivity contribution >= 4 is 10.9 Å². The fourth-order valence-electron chi connectivity index (χ4n) is 5.35. The van der Waals surface area contributed by atoms with Gasteiger partial charge in [0.1, 0.15) is 12.0 Å². The summed E-state index contributed by atoms with van der Waals surface area (Å²) in [5.41, 5.74) is 3.78. The summed E-state index contributed by atoms with van der Waals surface area (Å²) < 4.78 is 16.1. The molecule has 5 rings (SSSR count). The first-order valence-corrected chi connectivity index (χ1v) is 12.7. The average molecular weight is 491 g/mol. The largest absolute Gasteiger partial charge is 0.497 e. The van der Waals surface area contributed by atoms with E-state index in [1.165, 1.54) is 23.7 Å². The number of methoxy groups -OCH3 is 1. The second-order valence-electron chi connectivity index (χ2n) is 9.85. The molecule has 36 heavy (non-hydrogen) atoms. The number of benzene rings is 1. The van der Waals surface area contributed by atoms with Gasteiger partial charge in [-0.05, 0) is 86.8 Å². The average Bonchev–Trinajstić information content (AvgIpc) is 2.92. The van der Waals surface area contributed by atoms with Crippen LogP contribution in [0.4, 0.5) is 0 Å². The maximum Gasteiger partial charge on any atom is 0.318 e. The highest BCUT2D eigenvalue weighted by molar-refractivity contribution is 5.83. The van der Waals surface area contributed by atoms with E-state index < -0.39 is 5.60 Å². The molecule has 0 atom stereocenters. The molecule has 1 aromatic heterocycles. The van der Waals surface area contributed by atoms with Gasteiger partial charge in [-0.1, -0.05) is 12.2 Å². The lowest BCUT2D eigenvalue weighted by atomic mass is 9.78. The lowest BCUT2D eigenvalue weighted by molar-refractivity contribution is -0.0103. The fourth-order valence-corrected chi connectivity index (χ4v) is 5.35. The van der Waals surface area contributed by atoms with Crippen molar-refractivity contribution in [1.29, 1.82) is 0 Å². The minimum Gasteiger partial charge on any atom is -0.497 e. The van der Waals surface area contributed by atoms with Crippen molar-refractivity contribution in [3.05, 3.63) is 83.6 Å². The summed E-state index contributed by atoms with van der Waals surface area (Å²) >= 11 is 0. The van der Waals surface area contributed by atoms with E-state index in [2.05, 4.69) is 28.5 Å². The Bertz CT molecular complexity index is 1220. The number of hydrogen-bond donors (Lipinski definition) is 3. The van der Waals surface area contributed by atoms with Crippen molar-refractivity contribution in [1.82, 2.24) is 10.3 Å². The predicted octanol–water partition coefficient (Wildman–Crippen LogP) is 5.33. The van der Waals surface area contributed by atoms with Crippen LogP contribution in [0, 0.1) is 0 Å². The van der Waals surface area contributed by atoms with Gasteiger partial charge in [0.05, 0.1) is 18.2 Å². The lowest BCUT2D eigenvalue weighted by Gasteiger charge is -2.37. The highest BCUT2D eigenvalue weighted by Crippen LogP contribution is 2.34. The number of hydrogen-bond acceptors (Lipinski definition) is 7. The van der Waals surface area contributed by atoms with Crippen molar-refractivity contribution in [2.75, 3.05) is 13.7 Å². The molecular formula is C29H34N2O5. The van der Waals surface area contributed by atoms with Gasteiger partial charge in [0.15, 0.2) is 12.0 Å². The van der Waals surface area contributed by atoms with E-state index in [0.29, 0.717) is 11.8 Å². The van der Waals surface area contributed by atoms with Crippen LogP contribution in [0.15, 0.2) is 78.0 Å². The first kappa shape index (κ1) is 24.4. The number of aliphatic hydroxyl groups is 2. The molecule has 0 amide bonds. The Morgan fingerprint density at radius 1 is 1.17 bits per heavy atom. The van der Waals surface area contributed by atoms with E-state index in [-0.39, 0.29) is 5.95 Å². The first-order valence-electron chi connectivity index (χ1n) is 12.7. The molecule has 1 saturated carbocycles. The van der Waals surface area contributed by atoms with Crippen LogP contribution in [0.25, 0.3) is 10.9 Å². The van der Waals surface area contributed by atoms with E-state index >= 15 is 0 Å². The number of nitrogens with one attached hydrogen (secondary N) is 1. The highest BCUT2D eigenvalue weighted by atomic mass is 16.6. The number of aryl methyl sites for hydroxylation is 1. The zero-order chi connectivity index (χ0) is 25.0. The zero-order valence-corrected chi connectivity index (χ0v) is 20.7. The third-order valence-corrected chi connectivity index (χ3v) is 7.53. The van der Waals surface area contributed by atoms with E-state index in [9.17, 15) is 10.2 Å². The van der Waals surface area contributed by atoms with Crippen LogP contribution in [0.1, 0.15) is 50.5 Å². The Balaban J connectivity index is 1.16. The van der Waals surface area contributed by atoms with E-state index in [4.69, 9.17) is 14.2 Å². The number of fused-ring (bicyclic) bond motifs is 1. The van der Waals surface area contributed by atoms with Gasteiger partial charge in [0.25, 0.3) is 0 Å². The third kappa shape index (κ3) is 5.58. The molecule has 7 nitrogen and oxygen atoms in total. The molecule has 0 unspecified atom stereocenters. The van der Waals surface area contributed by atoms with Crippen molar-refractivity contribution in [3.8, 4) is 5.75 Å². The van der Waals surface area contributed by atoms with Gasteiger partial charge in [0.2, 0.25) is 0 Å². The number of aliphatic hydroxyl groups excluding tert-OH is 1. The maximum atomic E-state index is 11.3. The maximum absolute atomic E-state index is 11.3. The van der Waals surface area contributed by atoms with Gasteiger partial charge >= 0.3 is 5.95 Å². The van der Waals surface area contributed by atoms with E-state index in [1.807, 2.05) is 24.4 Å². The number of nitrogens with zero attached hydrogens (tertiary/aromatic N) is 1. The first-order chi connectivity index (χ1) is 17.5. The van der Waals surface area contributed by atoms with E-state index in [1.54, 1.807) is 7.11 Å². The quantitative estimate of drug-likeness (QED) is 0.460. The van der Waals surface area contributed by atoms with Crippen LogP contribution in [-0.4, -0.2) is 40.5 Å². The number of ether oxygens (including phenoxy) is 3. The third-order valence-electron chi connectivity index (χ3n) is 7.53. The number of rotatable bonds is 8. The lowest BCUT2D eigenvalue weighted by Crippen LogP contribution is -2.42. The Morgan fingerprint density at radius 3 is 2.81 bits per heavy atom. The van der Waals surface area contributed by atoms with Gasteiger partial charge in [-0.15, -0.1) is 0 Å². The number of allylic oxidation sites excluding steroid dienone is 2. The summed E-state index contributed by atoms with van der Waals surface area (Å²) in [7, 11) is 1.67. The monoisotopic (exact) mass is 490 g/mol. The molecule has 2 aromatic rings. The van der Waals surface area contributed by atoms with Crippen molar-refractivity contribution in [2.45, 2.75) is 63.0 Å². The predicted molar refractivity (Wildman–Crippen MR) is 138 cm³/mol. The SMILES string of the molecule is COc1ccc2nccc(CCC3(O)CCC(NCC4=C(C5=COC(O)=CO5)CCC=C4)CC3)c2c1. The topological polar surface area (TPSA) is 93.1 Å². The van der Waals surface area contributed by atoms with Gasteiger partial charge in [-0.3, -0.25) is 4.98 Å². The normalized spacial score (nSPS) is 24.1. The minimum atomic E-state index is -0.645. The van der Waals surface area contributed by atoms with Gasteiger partial charge < -0.3 is 29.7 Å². The molecule has 2 aliphatic carbocycles. The van der Waals surface area contributed by atoms with Crippen LogP contribution in [-0.2, 0) is 15.9 Å². The zero-order valence-electron chi connectivity index (χ0n) is 20.7. The van der Waals surface area contributed by atoms with Crippen molar-refractivity contribution < 1.29 is 24.4 Å². The molecule has 0 saturated heterocycles. The van der Waals surface area contributed by atoms with Crippen molar-refractivity contribution in [3.63, 3.8) is 0 Å². The Morgan fingerprint density at radius 2 is 2.03 bits per heavy atom. The Kier molecular flexibility index (Phi) is 7.30. The molecule has 190 valence electrons. The van der Waals surface area contributed by atoms with Crippen molar-refractivity contribution in [2.24, 2.45) is 0 Å². The standard InChI is InChI=1S/C29H34N2O5/c1-34-23-6-7-26-25(16-23)20(11-15-30-26)8-12-29(33)13-9-22(10-14-29)31-17-21-4-2-3-5-24(21)27-18-36-28(32)19-35-27/h2,4,6-7,11,15-16,18-19,22,31-33H,3,5,8-10,12-14,17H2,1H3. The summed E-state index contributed by atoms with van der Waals surface area (Å²) in [6, 6.07) is 8.36. The molecule has 1 aromatic carbocycles. The van der Waals surface area contributed by atoms with Gasteiger partial charge in [-0.25, -0.2) is 0 Å². The van der Waals surface area contributed by atoms with Crippen LogP contribution < -0.4 is 10.1 Å². The summed E-state index contributed by atoms with van der Waals surface area (Å²) in [5, 5.41) is 25.5.